The molecular formula is C22H26N4O5S2. The van der Waals surface area contributed by atoms with Gasteiger partial charge in [0, 0.05) is 30.8 Å². The number of rotatable bonds is 8. The fourth-order valence-electron chi connectivity index (χ4n) is 3.85. The minimum atomic E-state index is -3.58. The van der Waals surface area contributed by atoms with E-state index in [4.69, 9.17) is 9.47 Å². The monoisotopic (exact) mass is 490 g/mol. The maximum atomic E-state index is 13.0. The van der Waals surface area contributed by atoms with Gasteiger partial charge in [0.05, 0.1) is 32.9 Å². The van der Waals surface area contributed by atoms with E-state index in [0.717, 1.165) is 5.56 Å². The van der Waals surface area contributed by atoms with Crippen molar-refractivity contribution in [1.29, 1.82) is 0 Å². The van der Waals surface area contributed by atoms with Crippen molar-refractivity contribution in [2.75, 3.05) is 32.6 Å². The number of hydrogen-bond donors (Lipinski definition) is 1. The molecule has 1 amide bonds. The Balaban J connectivity index is 1.45. The van der Waals surface area contributed by atoms with E-state index in [9.17, 15) is 13.2 Å². The Kier molecular flexibility index (Phi) is 7.01. The lowest BCUT2D eigenvalue weighted by molar-refractivity contribution is -0.120. The van der Waals surface area contributed by atoms with Gasteiger partial charge >= 0.3 is 0 Å². The number of ether oxygens (including phenoxy) is 2. The second-order valence-corrected chi connectivity index (χ2v) is 10.8. The second-order valence-electron chi connectivity index (χ2n) is 7.68. The number of hydrogen-bond acceptors (Lipinski definition) is 7. The number of carbonyl (C=O) groups excluding carboxylic acids is 1. The zero-order chi connectivity index (χ0) is 23.4. The van der Waals surface area contributed by atoms with Gasteiger partial charge in [-0.3, -0.25) is 4.79 Å². The van der Waals surface area contributed by atoms with Gasteiger partial charge in [-0.05, 0) is 36.4 Å². The van der Waals surface area contributed by atoms with E-state index in [2.05, 4.69) is 10.4 Å². The topological polar surface area (TPSA) is 103 Å². The number of amides is 1. The van der Waals surface area contributed by atoms with Crippen molar-refractivity contribution in [2.45, 2.75) is 23.6 Å². The molecule has 0 saturated carbocycles. The highest BCUT2D eigenvalue weighted by Crippen LogP contribution is 2.28. The van der Waals surface area contributed by atoms with E-state index in [1.165, 1.54) is 15.6 Å². The largest absolute Gasteiger partial charge is 0.497 e. The molecule has 0 aliphatic carbocycles. The van der Waals surface area contributed by atoms with Crippen LogP contribution >= 0.6 is 11.3 Å². The van der Waals surface area contributed by atoms with Gasteiger partial charge in [-0.25, -0.2) is 13.1 Å². The number of carbonyl (C=O) groups is 1. The third-order valence-electron chi connectivity index (χ3n) is 5.63. The van der Waals surface area contributed by atoms with E-state index in [1.54, 1.807) is 54.7 Å². The summed E-state index contributed by atoms with van der Waals surface area (Å²) in [6, 6.07) is 10.5. The third kappa shape index (κ3) is 5.05. The molecule has 0 spiro atoms. The Morgan fingerprint density at radius 2 is 2.09 bits per heavy atom. The molecule has 4 rings (SSSR count). The highest BCUT2D eigenvalue weighted by molar-refractivity contribution is 7.91. The number of anilines is 1. The average Bonchev–Trinajstić information content (AvgIpc) is 3.52. The van der Waals surface area contributed by atoms with Gasteiger partial charge in [0.15, 0.2) is 0 Å². The molecule has 1 fully saturated rings. The summed E-state index contributed by atoms with van der Waals surface area (Å²) in [6.45, 7) is 0.963. The average molecular weight is 491 g/mol. The van der Waals surface area contributed by atoms with Crippen LogP contribution in [0.2, 0.25) is 0 Å². The van der Waals surface area contributed by atoms with Gasteiger partial charge in [-0.2, -0.15) is 9.40 Å². The lowest BCUT2D eigenvalue weighted by atomic mass is 9.99. The first-order valence-corrected chi connectivity index (χ1v) is 12.8. The van der Waals surface area contributed by atoms with Crippen LogP contribution < -0.4 is 14.8 Å². The van der Waals surface area contributed by atoms with Gasteiger partial charge in [0.25, 0.3) is 10.0 Å². The van der Waals surface area contributed by atoms with E-state index in [1.807, 2.05) is 12.1 Å². The molecule has 176 valence electrons. The van der Waals surface area contributed by atoms with E-state index < -0.39 is 15.9 Å². The summed E-state index contributed by atoms with van der Waals surface area (Å²) in [4.78, 5) is 13.0. The minimum Gasteiger partial charge on any atom is -0.497 e. The summed E-state index contributed by atoms with van der Waals surface area (Å²) in [5.41, 5.74) is 0.878. The Bertz CT molecular complexity index is 1210. The Labute approximate surface area is 197 Å². The van der Waals surface area contributed by atoms with Crippen LogP contribution in [0.25, 0.3) is 0 Å². The summed E-state index contributed by atoms with van der Waals surface area (Å²) in [5, 5.41) is 8.99. The molecule has 3 aromatic rings. The van der Waals surface area contributed by atoms with Crippen LogP contribution in [0.15, 0.2) is 52.2 Å². The number of sulfonamides is 1. The third-order valence-corrected chi connectivity index (χ3v) is 8.86. The van der Waals surface area contributed by atoms with Gasteiger partial charge < -0.3 is 14.8 Å². The smallest absolute Gasteiger partial charge is 0.252 e. The first-order chi connectivity index (χ1) is 15.9. The minimum absolute atomic E-state index is 0.159. The van der Waals surface area contributed by atoms with E-state index >= 15 is 0 Å². The predicted octanol–water partition coefficient (Wildman–Crippen LogP) is 3.05. The van der Waals surface area contributed by atoms with Crippen LogP contribution in [0.1, 0.15) is 18.4 Å². The first-order valence-electron chi connectivity index (χ1n) is 10.5. The molecule has 33 heavy (non-hydrogen) atoms. The maximum Gasteiger partial charge on any atom is 0.252 e. The zero-order valence-corrected chi connectivity index (χ0v) is 20.1. The maximum absolute atomic E-state index is 13.0. The lowest BCUT2D eigenvalue weighted by Gasteiger charge is -2.30. The molecule has 1 atom stereocenters. The van der Waals surface area contributed by atoms with Gasteiger partial charge in [-0.15, -0.1) is 11.3 Å². The first kappa shape index (κ1) is 23.3. The van der Waals surface area contributed by atoms with Crippen molar-refractivity contribution in [3.63, 3.8) is 0 Å². The summed E-state index contributed by atoms with van der Waals surface area (Å²) in [5.74, 6) is 1.22. The van der Waals surface area contributed by atoms with E-state index in [0.29, 0.717) is 47.5 Å². The molecular weight excluding hydrogens is 464 g/mol. The molecule has 2 aromatic heterocycles. The van der Waals surface area contributed by atoms with Crippen LogP contribution in [0.3, 0.4) is 0 Å². The molecule has 1 unspecified atom stereocenters. The molecule has 1 aromatic carbocycles. The van der Waals surface area contributed by atoms with Crippen LogP contribution in [0.5, 0.6) is 11.5 Å². The van der Waals surface area contributed by atoms with Crippen LogP contribution in [-0.4, -0.2) is 55.7 Å². The Hall–Kier alpha value is -2.89. The quantitative estimate of drug-likeness (QED) is 0.521. The summed E-state index contributed by atoms with van der Waals surface area (Å²) >= 11 is 1.19. The van der Waals surface area contributed by atoms with Gasteiger partial charge in [0.1, 0.15) is 21.5 Å². The molecule has 9 nitrogen and oxygen atoms in total. The molecule has 1 aliphatic rings. The number of nitrogens with one attached hydrogen (secondary N) is 1. The predicted molar refractivity (Wildman–Crippen MR) is 125 cm³/mol. The highest BCUT2D eigenvalue weighted by atomic mass is 32.2. The number of aromatic nitrogens is 2. The SMILES string of the molecule is COc1ccc(Cn2nccc2NC(=O)C2CCCN(S(=O)(=O)c3cccs3)C2)c(OC)c1. The number of nitrogens with zero attached hydrogens (tertiary/aromatic N) is 3. The standard InChI is InChI=1S/C22H26N4O5S2/c1-30-18-8-7-16(19(13-18)31-2)15-26-20(9-10-23-26)24-22(27)17-5-3-11-25(14-17)33(28,29)21-6-4-12-32-21/h4,6-10,12-13,17H,3,5,11,14-15H2,1-2H3,(H,24,27). The fourth-order valence-corrected chi connectivity index (χ4v) is 6.52. The number of thiophene rings is 1. The number of benzene rings is 1. The molecule has 1 aliphatic heterocycles. The van der Waals surface area contributed by atoms with Crippen molar-refractivity contribution < 1.29 is 22.7 Å². The molecule has 0 bridgehead atoms. The zero-order valence-electron chi connectivity index (χ0n) is 18.4. The van der Waals surface area contributed by atoms with Crippen molar-refractivity contribution in [2.24, 2.45) is 5.92 Å². The molecule has 3 heterocycles. The summed E-state index contributed by atoms with van der Waals surface area (Å²) < 4.78 is 39.8. The number of piperidine rings is 1. The fraction of sp³-hybridized carbons (Fsp3) is 0.364. The lowest BCUT2D eigenvalue weighted by Crippen LogP contribution is -2.43. The number of methoxy groups -OCH3 is 2. The summed E-state index contributed by atoms with van der Waals surface area (Å²) in [7, 11) is -0.402. The van der Waals surface area contributed by atoms with Gasteiger partial charge in [-0.1, -0.05) is 6.07 Å². The Morgan fingerprint density at radius 3 is 2.82 bits per heavy atom. The molecule has 11 heteroatoms. The van der Waals surface area contributed by atoms with Crippen molar-refractivity contribution in [1.82, 2.24) is 14.1 Å². The van der Waals surface area contributed by atoms with Crippen LogP contribution in [-0.2, 0) is 21.4 Å². The van der Waals surface area contributed by atoms with Crippen molar-refractivity contribution in [3.05, 3.63) is 53.5 Å². The van der Waals surface area contributed by atoms with Crippen LogP contribution in [0, 0.1) is 5.92 Å². The van der Waals surface area contributed by atoms with E-state index in [-0.39, 0.29) is 12.5 Å². The van der Waals surface area contributed by atoms with Gasteiger partial charge in [0.2, 0.25) is 5.91 Å². The highest BCUT2D eigenvalue weighted by Gasteiger charge is 2.34. The van der Waals surface area contributed by atoms with Crippen LogP contribution in [0.4, 0.5) is 5.82 Å². The molecule has 0 radical (unpaired) electrons. The van der Waals surface area contributed by atoms with Crippen molar-refractivity contribution >= 4 is 33.1 Å². The normalized spacial score (nSPS) is 17.0. The molecule has 1 N–H and O–H groups in total. The van der Waals surface area contributed by atoms with Crippen molar-refractivity contribution in [3.8, 4) is 11.5 Å². The second kappa shape index (κ2) is 9.94. The summed E-state index contributed by atoms with van der Waals surface area (Å²) in [6.07, 6.45) is 2.87. The molecule has 1 saturated heterocycles. The Morgan fingerprint density at radius 1 is 1.24 bits per heavy atom.